The van der Waals surface area contributed by atoms with Crippen molar-refractivity contribution in [1.82, 2.24) is 15.0 Å². The van der Waals surface area contributed by atoms with Gasteiger partial charge in [-0.15, -0.1) is 0 Å². The third kappa shape index (κ3) is 3.18. The molecule has 5 N–H and O–H groups in total. The van der Waals surface area contributed by atoms with Crippen molar-refractivity contribution < 1.29 is 32.7 Å². The van der Waals surface area contributed by atoms with E-state index in [9.17, 15) is 18.3 Å². The van der Waals surface area contributed by atoms with Crippen molar-refractivity contribution in [2.45, 2.75) is 4.90 Å². The number of hydrogen-bond donors (Lipinski definition) is 4. The minimum atomic E-state index is -4.88. The molecule has 1 aromatic carbocycles. The molecule has 22 heavy (non-hydrogen) atoms. The number of nitrogens with two attached hydrogens (primary N) is 1. The van der Waals surface area contributed by atoms with Gasteiger partial charge < -0.3 is 20.7 Å². The summed E-state index contributed by atoms with van der Waals surface area (Å²) in [7, 11) is -4.88. The fraction of sp³-hybridized carbons (Fsp3) is 0. The molecule has 0 atom stereocenters. The highest BCUT2D eigenvalue weighted by molar-refractivity contribution is 7.86. The fourth-order valence-electron chi connectivity index (χ4n) is 1.45. The molecule has 1 heterocycles. The summed E-state index contributed by atoms with van der Waals surface area (Å²) in [5.41, 5.74) is 4.50. The molecule has 12 heteroatoms. The summed E-state index contributed by atoms with van der Waals surface area (Å²) in [6.07, 6.45) is 1.01. The molecule has 0 saturated carbocycles. The molecule has 0 spiro atoms. The molecule has 2 aromatic rings. The van der Waals surface area contributed by atoms with E-state index in [1.54, 1.807) is 0 Å². The molecule has 11 nitrogen and oxygen atoms in total. The Morgan fingerprint density at radius 1 is 1.27 bits per heavy atom. The number of aromatic hydroxyl groups is 1. The van der Waals surface area contributed by atoms with Crippen LogP contribution in [0.3, 0.4) is 0 Å². The van der Waals surface area contributed by atoms with Crippen LogP contribution in [0, 0.1) is 0 Å². The molecule has 1 aromatic heterocycles. The molecular weight excluding hydrogens is 320 g/mol. The van der Waals surface area contributed by atoms with Gasteiger partial charge in [0.25, 0.3) is 10.1 Å². The number of benzene rings is 1. The quantitative estimate of drug-likeness (QED) is 0.549. The maximum Gasteiger partial charge on any atom is 0.339 e. The number of nitrogen functional groups attached to an aromatic ring is 1. The van der Waals surface area contributed by atoms with Crippen LogP contribution in [0.25, 0.3) is 0 Å². The number of aromatic carboxylic acids is 1. The second-order valence-electron chi connectivity index (χ2n) is 3.83. The second kappa shape index (κ2) is 5.42. The first kappa shape index (κ1) is 15.4. The van der Waals surface area contributed by atoms with E-state index in [1.165, 1.54) is 0 Å². The van der Waals surface area contributed by atoms with Gasteiger partial charge in [0.05, 0.1) is 0 Å². The Hall–Kier alpha value is -2.99. The van der Waals surface area contributed by atoms with Crippen LogP contribution in [0.1, 0.15) is 10.4 Å². The Balaban J connectivity index is 2.57. The lowest BCUT2D eigenvalue weighted by atomic mass is 10.2. The van der Waals surface area contributed by atoms with Gasteiger partial charge in [-0.1, -0.05) is 0 Å². The van der Waals surface area contributed by atoms with Gasteiger partial charge in [-0.2, -0.15) is 18.4 Å². The zero-order valence-corrected chi connectivity index (χ0v) is 11.4. The number of ether oxygens (including phenoxy) is 1. The normalized spacial score (nSPS) is 11.1. The van der Waals surface area contributed by atoms with Crippen LogP contribution in [0.5, 0.6) is 17.5 Å². The van der Waals surface area contributed by atoms with Gasteiger partial charge in [-0.25, -0.2) is 9.78 Å². The van der Waals surface area contributed by atoms with E-state index in [4.69, 9.17) is 20.1 Å². The van der Waals surface area contributed by atoms with Gasteiger partial charge in [0.2, 0.25) is 5.95 Å². The Bertz CT molecular complexity index is 852. The lowest BCUT2D eigenvalue weighted by molar-refractivity contribution is 0.0692. The molecule has 0 saturated heterocycles. The number of rotatable bonds is 4. The minimum Gasteiger partial charge on any atom is -0.506 e. The highest BCUT2D eigenvalue weighted by atomic mass is 32.2. The summed E-state index contributed by atoms with van der Waals surface area (Å²) in [6, 6.07) is 1.19. The van der Waals surface area contributed by atoms with Crippen LogP contribution in [0.15, 0.2) is 23.4 Å². The van der Waals surface area contributed by atoms with Crippen LogP contribution in [0.4, 0.5) is 5.95 Å². The molecule has 2 rings (SSSR count). The van der Waals surface area contributed by atoms with E-state index in [2.05, 4.69) is 15.0 Å². The van der Waals surface area contributed by atoms with Gasteiger partial charge in [0.1, 0.15) is 22.5 Å². The summed E-state index contributed by atoms with van der Waals surface area (Å²) >= 11 is 0. The summed E-state index contributed by atoms with van der Waals surface area (Å²) in [5, 5.41) is 18.5. The van der Waals surface area contributed by atoms with Gasteiger partial charge in [0.15, 0.2) is 5.75 Å². The number of phenols is 1. The maximum absolute atomic E-state index is 11.2. The smallest absolute Gasteiger partial charge is 0.339 e. The highest BCUT2D eigenvalue weighted by Crippen LogP contribution is 2.33. The van der Waals surface area contributed by atoms with Crippen LogP contribution in [0.2, 0.25) is 0 Å². The van der Waals surface area contributed by atoms with Gasteiger partial charge >= 0.3 is 12.0 Å². The molecule has 0 aliphatic heterocycles. The van der Waals surface area contributed by atoms with E-state index in [0.717, 1.165) is 12.4 Å². The van der Waals surface area contributed by atoms with E-state index >= 15 is 0 Å². The Morgan fingerprint density at radius 3 is 2.50 bits per heavy atom. The monoisotopic (exact) mass is 328 g/mol. The van der Waals surface area contributed by atoms with Gasteiger partial charge in [-0.05, 0) is 6.07 Å². The molecule has 0 bridgehead atoms. The first-order valence-corrected chi connectivity index (χ1v) is 6.82. The van der Waals surface area contributed by atoms with Crippen molar-refractivity contribution in [3.05, 3.63) is 24.0 Å². The molecule has 0 aliphatic rings. The SMILES string of the molecule is Nc1ncnc(Oc2cc(C(=O)O)c(O)c(S(=O)(=O)O)c2)n1. The van der Waals surface area contributed by atoms with E-state index in [-0.39, 0.29) is 17.7 Å². The zero-order chi connectivity index (χ0) is 16.5. The molecule has 0 radical (unpaired) electrons. The maximum atomic E-state index is 11.2. The van der Waals surface area contributed by atoms with E-state index in [0.29, 0.717) is 6.07 Å². The average molecular weight is 328 g/mol. The number of nitrogens with zero attached hydrogens (tertiary/aromatic N) is 3. The third-order valence-electron chi connectivity index (χ3n) is 2.33. The van der Waals surface area contributed by atoms with E-state index in [1.807, 2.05) is 0 Å². The first-order valence-electron chi connectivity index (χ1n) is 5.38. The number of carboxylic acid groups (broad SMARTS) is 1. The summed E-state index contributed by atoms with van der Waals surface area (Å²) < 4.78 is 36.4. The lowest BCUT2D eigenvalue weighted by Crippen LogP contribution is -2.05. The standard InChI is InChI=1S/C10H8N4O7S/c11-9-12-3-13-10(14-9)21-4-1-5(8(16)17)7(15)6(2-4)22(18,19)20/h1-3,15H,(H,16,17)(H,18,19,20)(H2,11,12,13,14). The van der Waals surface area contributed by atoms with Crippen LogP contribution in [-0.2, 0) is 10.1 Å². The molecule has 0 unspecified atom stereocenters. The summed E-state index contributed by atoms with van der Waals surface area (Å²) in [4.78, 5) is 20.6. The predicted molar refractivity (Wildman–Crippen MR) is 69.2 cm³/mol. The Labute approximate surface area is 122 Å². The number of carboxylic acids is 1. The zero-order valence-electron chi connectivity index (χ0n) is 10.5. The largest absolute Gasteiger partial charge is 0.506 e. The average Bonchev–Trinajstić information content (AvgIpc) is 2.39. The number of hydrogen-bond acceptors (Lipinski definition) is 9. The van der Waals surface area contributed by atoms with Crippen molar-refractivity contribution in [3.8, 4) is 17.5 Å². The van der Waals surface area contributed by atoms with Crippen molar-refractivity contribution >= 4 is 22.0 Å². The Kier molecular flexibility index (Phi) is 3.79. The van der Waals surface area contributed by atoms with Crippen LogP contribution in [-0.4, -0.2) is 44.1 Å². The van der Waals surface area contributed by atoms with Crippen LogP contribution >= 0.6 is 0 Å². The lowest BCUT2D eigenvalue weighted by Gasteiger charge is -2.09. The second-order valence-corrected chi connectivity index (χ2v) is 5.22. The van der Waals surface area contributed by atoms with Crippen molar-refractivity contribution in [1.29, 1.82) is 0 Å². The fourth-order valence-corrected chi connectivity index (χ4v) is 2.07. The minimum absolute atomic E-state index is 0.183. The number of aromatic nitrogens is 3. The van der Waals surface area contributed by atoms with Crippen molar-refractivity contribution in [2.24, 2.45) is 0 Å². The van der Waals surface area contributed by atoms with Crippen LogP contribution < -0.4 is 10.5 Å². The topological polar surface area (TPSA) is 186 Å². The Morgan fingerprint density at radius 2 is 1.95 bits per heavy atom. The predicted octanol–water partition coefficient (Wildman–Crippen LogP) is -0.103. The van der Waals surface area contributed by atoms with E-state index < -0.39 is 32.3 Å². The molecule has 116 valence electrons. The first-order chi connectivity index (χ1) is 10.2. The molecular formula is C10H8N4O7S. The van der Waals surface area contributed by atoms with Crippen molar-refractivity contribution in [2.75, 3.05) is 5.73 Å². The summed E-state index contributed by atoms with van der Waals surface area (Å²) in [5.74, 6) is -3.30. The number of anilines is 1. The molecule has 0 fully saturated rings. The van der Waals surface area contributed by atoms with Crippen molar-refractivity contribution in [3.63, 3.8) is 0 Å². The summed E-state index contributed by atoms with van der Waals surface area (Å²) in [6.45, 7) is 0. The third-order valence-corrected chi connectivity index (χ3v) is 3.20. The van der Waals surface area contributed by atoms with Gasteiger partial charge in [0, 0.05) is 6.07 Å². The highest BCUT2D eigenvalue weighted by Gasteiger charge is 2.24. The number of carbonyl (C=O) groups is 1. The molecule has 0 aliphatic carbocycles. The van der Waals surface area contributed by atoms with Gasteiger partial charge in [-0.3, -0.25) is 4.55 Å². The molecule has 0 amide bonds.